The van der Waals surface area contributed by atoms with Gasteiger partial charge in [0.1, 0.15) is 0 Å². The summed E-state index contributed by atoms with van der Waals surface area (Å²) in [7, 11) is 0. The Bertz CT molecular complexity index is 483. The number of amides is 1. The van der Waals surface area contributed by atoms with Gasteiger partial charge in [-0.2, -0.15) is 0 Å². The van der Waals surface area contributed by atoms with Crippen LogP contribution in [0.4, 0.5) is 0 Å². The van der Waals surface area contributed by atoms with Crippen molar-refractivity contribution in [2.45, 2.75) is 19.9 Å². The van der Waals surface area contributed by atoms with E-state index < -0.39 is 0 Å². The Balaban J connectivity index is 3.05. The molecule has 0 saturated carbocycles. The highest BCUT2D eigenvalue weighted by Gasteiger charge is 2.20. The quantitative estimate of drug-likeness (QED) is 0.358. The average Bonchev–Trinajstić information content (AvgIpc) is 2.33. The maximum atomic E-state index is 12.4. The number of benzene rings is 1. The van der Waals surface area contributed by atoms with Crippen molar-refractivity contribution in [1.82, 2.24) is 4.90 Å². The molecule has 0 radical (unpaired) electrons. The first kappa shape index (κ1) is 16.0. The monoisotopic (exact) mass is 391 g/mol. The Hall–Kier alpha value is -1.08. The van der Waals surface area contributed by atoms with Gasteiger partial charge in [0.05, 0.1) is 6.54 Å². The van der Waals surface area contributed by atoms with E-state index in [1.807, 2.05) is 19.9 Å². The van der Waals surface area contributed by atoms with Gasteiger partial charge in [0.2, 0.25) is 0 Å². The Kier molecular flexibility index (Phi) is 5.81. The summed E-state index contributed by atoms with van der Waals surface area (Å²) in [5, 5.41) is 11.5. The molecule has 0 bridgehead atoms. The van der Waals surface area contributed by atoms with Crippen molar-refractivity contribution >= 4 is 43.6 Å². The van der Waals surface area contributed by atoms with Crippen molar-refractivity contribution in [1.29, 1.82) is 0 Å². The van der Waals surface area contributed by atoms with Gasteiger partial charge in [0, 0.05) is 20.6 Å². The van der Waals surface area contributed by atoms with Crippen LogP contribution in [-0.2, 0) is 0 Å². The van der Waals surface area contributed by atoms with E-state index in [1.54, 1.807) is 12.1 Å². The predicted octanol–water partition coefficient (Wildman–Crippen LogP) is 2.81. The molecule has 0 aromatic heterocycles. The van der Waals surface area contributed by atoms with Crippen LogP contribution in [0.25, 0.3) is 0 Å². The number of oxime groups is 1. The number of nitrogens with zero attached hydrogens (tertiary/aromatic N) is 2. The number of halogens is 2. The Morgan fingerprint density at radius 1 is 1.37 bits per heavy atom. The van der Waals surface area contributed by atoms with E-state index in [-0.39, 0.29) is 24.3 Å². The molecule has 0 heterocycles. The normalized spacial score (nSPS) is 11.7. The summed E-state index contributed by atoms with van der Waals surface area (Å²) in [4.78, 5) is 14.0. The summed E-state index contributed by atoms with van der Waals surface area (Å²) >= 11 is 6.69. The van der Waals surface area contributed by atoms with Gasteiger partial charge >= 0.3 is 0 Å². The molecule has 19 heavy (non-hydrogen) atoms. The molecule has 0 atom stereocenters. The third-order valence-corrected chi connectivity index (χ3v) is 3.37. The van der Waals surface area contributed by atoms with Crippen LogP contribution in [0.15, 0.2) is 32.3 Å². The molecule has 0 aliphatic carbocycles. The van der Waals surface area contributed by atoms with Gasteiger partial charge in [-0.15, -0.1) is 0 Å². The van der Waals surface area contributed by atoms with E-state index in [4.69, 9.17) is 10.9 Å². The van der Waals surface area contributed by atoms with E-state index in [9.17, 15) is 4.79 Å². The smallest absolute Gasteiger partial charge is 0.254 e. The number of rotatable bonds is 4. The first-order chi connectivity index (χ1) is 8.85. The minimum atomic E-state index is -0.177. The standard InChI is InChI=1S/C12H15Br2N3O2/c1-7(2)17(6-11(15)16-19)12(18)8-3-9(13)5-10(14)4-8/h3-5,7,19H,6H2,1-2H3,(H2,15,16). The van der Waals surface area contributed by atoms with Gasteiger partial charge in [-0.05, 0) is 32.0 Å². The number of amidine groups is 1. The molecule has 5 nitrogen and oxygen atoms in total. The zero-order valence-corrected chi connectivity index (χ0v) is 13.8. The van der Waals surface area contributed by atoms with E-state index in [2.05, 4.69) is 37.0 Å². The molecule has 0 saturated heterocycles. The summed E-state index contributed by atoms with van der Waals surface area (Å²) in [6.45, 7) is 3.82. The van der Waals surface area contributed by atoms with Gasteiger partial charge in [-0.1, -0.05) is 37.0 Å². The molecule has 1 aromatic rings. The fourth-order valence-electron chi connectivity index (χ4n) is 1.54. The average molecular weight is 393 g/mol. The molecule has 3 N–H and O–H groups in total. The second-order valence-electron chi connectivity index (χ2n) is 4.28. The lowest BCUT2D eigenvalue weighted by molar-refractivity contribution is 0.0734. The number of hydrogen-bond acceptors (Lipinski definition) is 3. The molecule has 0 aliphatic rings. The maximum absolute atomic E-state index is 12.4. The number of carbonyl (C=O) groups excluding carboxylic acids is 1. The molecule has 1 rings (SSSR count). The highest BCUT2D eigenvalue weighted by Crippen LogP contribution is 2.21. The molecule has 7 heteroatoms. The van der Waals surface area contributed by atoms with Crippen LogP contribution in [0.5, 0.6) is 0 Å². The van der Waals surface area contributed by atoms with Crippen molar-refractivity contribution in [2.75, 3.05) is 6.54 Å². The van der Waals surface area contributed by atoms with Crippen LogP contribution in [0.2, 0.25) is 0 Å². The minimum Gasteiger partial charge on any atom is -0.409 e. The lowest BCUT2D eigenvalue weighted by Crippen LogP contribution is -2.42. The summed E-state index contributed by atoms with van der Waals surface area (Å²) in [5.41, 5.74) is 6.00. The van der Waals surface area contributed by atoms with Crippen molar-refractivity contribution in [2.24, 2.45) is 10.9 Å². The van der Waals surface area contributed by atoms with Crippen molar-refractivity contribution < 1.29 is 10.0 Å². The molecule has 0 fully saturated rings. The van der Waals surface area contributed by atoms with E-state index >= 15 is 0 Å². The van der Waals surface area contributed by atoms with Crippen LogP contribution in [-0.4, -0.2) is 34.4 Å². The second-order valence-corrected chi connectivity index (χ2v) is 6.11. The maximum Gasteiger partial charge on any atom is 0.254 e. The first-order valence-electron chi connectivity index (χ1n) is 5.58. The summed E-state index contributed by atoms with van der Waals surface area (Å²) in [6.07, 6.45) is 0. The van der Waals surface area contributed by atoms with Crippen LogP contribution in [0, 0.1) is 0 Å². The molecule has 1 aromatic carbocycles. The van der Waals surface area contributed by atoms with Crippen LogP contribution < -0.4 is 5.73 Å². The van der Waals surface area contributed by atoms with Gasteiger partial charge < -0.3 is 15.8 Å². The number of carbonyl (C=O) groups is 1. The second kappa shape index (κ2) is 6.91. The third-order valence-electron chi connectivity index (χ3n) is 2.45. The predicted molar refractivity (Wildman–Crippen MR) is 81.4 cm³/mol. The summed E-state index contributed by atoms with van der Waals surface area (Å²) < 4.78 is 1.61. The van der Waals surface area contributed by atoms with Crippen molar-refractivity contribution in [3.63, 3.8) is 0 Å². The number of hydrogen-bond donors (Lipinski definition) is 2. The summed E-state index contributed by atoms with van der Waals surface area (Å²) in [5.74, 6) is -0.181. The van der Waals surface area contributed by atoms with Crippen molar-refractivity contribution in [3.8, 4) is 0 Å². The van der Waals surface area contributed by atoms with Crippen LogP contribution >= 0.6 is 31.9 Å². The molecule has 104 valence electrons. The first-order valence-corrected chi connectivity index (χ1v) is 7.17. The highest BCUT2D eigenvalue weighted by molar-refractivity contribution is 9.11. The van der Waals surface area contributed by atoms with Crippen LogP contribution in [0.3, 0.4) is 0 Å². The highest BCUT2D eigenvalue weighted by atomic mass is 79.9. The Morgan fingerprint density at radius 2 is 1.89 bits per heavy atom. The SMILES string of the molecule is CC(C)N(C/C(N)=N/O)C(=O)c1cc(Br)cc(Br)c1. The van der Waals surface area contributed by atoms with Gasteiger partial charge in [0.15, 0.2) is 5.84 Å². The van der Waals surface area contributed by atoms with Gasteiger partial charge in [-0.3, -0.25) is 4.79 Å². The van der Waals surface area contributed by atoms with Crippen molar-refractivity contribution in [3.05, 3.63) is 32.7 Å². The molecule has 0 unspecified atom stereocenters. The largest absolute Gasteiger partial charge is 0.409 e. The fourth-order valence-corrected chi connectivity index (χ4v) is 2.83. The Labute approximate surface area is 128 Å². The van der Waals surface area contributed by atoms with Crippen LogP contribution in [0.1, 0.15) is 24.2 Å². The zero-order valence-electron chi connectivity index (χ0n) is 10.6. The fraction of sp³-hybridized carbons (Fsp3) is 0.333. The minimum absolute atomic E-state index is 0.00360. The van der Waals surface area contributed by atoms with E-state index in [0.29, 0.717) is 5.56 Å². The molecule has 0 spiro atoms. The molecular formula is C12H15Br2N3O2. The van der Waals surface area contributed by atoms with E-state index in [1.165, 1.54) is 4.90 Å². The zero-order chi connectivity index (χ0) is 14.6. The lowest BCUT2D eigenvalue weighted by Gasteiger charge is -2.26. The lowest BCUT2D eigenvalue weighted by atomic mass is 10.1. The Morgan fingerprint density at radius 3 is 2.32 bits per heavy atom. The summed E-state index contributed by atoms with van der Waals surface area (Å²) in [6, 6.07) is 5.24. The molecular weight excluding hydrogens is 378 g/mol. The van der Waals surface area contributed by atoms with Gasteiger partial charge in [0.25, 0.3) is 5.91 Å². The number of nitrogens with two attached hydrogens (primary N) is 1. The molecule has 0 aliphatic heterocycles. The third kappa shape index (κ3) is 4.50. The van der Waals surface area contributed by atoms with Gasteiger partial charge in [-0.25, -0.2) is 0 Å². The topological polar surface area (TPSA) is 78.9 Å². The molecule has 1 amide bonds. The van der Waals surface area contributed by atoms with E-state index in [0.717, 1.165) is 8.95 Å².